The Morgan fingerprint density at radius 3 is 3.00 bits per heavy atom. The zero-order valence-corrected chi connectivity index (χ0v) is 9.55. The van der Waals surface area contributed by atoms with Crippen LogP contribution >= 0.6 is 0 Å². The highest BCUT2D eigenvalue weighted by Gasteiger charge is 2.18. The van der Waals surface area contributed by atoms with E-state index in [-0.39, 0.29) is 6.42 Å². The molecule has 4 heteroatoms. The molecular weight excluding hydrogens is 220 g/mol. The van der Waals surface area contributed by atoms with E-state index in [4.69, 9.17) is 9.15 Å². The van der Waals surface area contributed by atoms with Gasteiger partial charge in [-0.05, 0) is 13.0 Å². The van der Waals surface area contributed by atoms with Crippen LogP contribution in [0, 0.1) is 0 Å². The van der Waals surface area contributed by atoms with Gasteiger partial charge in [0.05, 0.1) is 25.4 Å². The largest absolute Gasteiger partial charge is 0.466 e. The molecule has 1 aromatic heterocycles. The Labute approximate surface area is 98.8 Å². The second-order valence-corrected chi connectivity index (χ2v) is 3.71. The quantitative estimate of drug-likeness (QED) is 0.825. The van der Waals surface area contributed by atoms with Gasteiger partial charge in [0, 0.05) is 10.9 Å². The average Bonchev–Trinajstić information content (AvgIpc) is 2.72. The number of carbonyl (C=O) groups excluding carboxylic acids is 1. The molecule has 1 aromatic carbocycles. The van der Waals surface area contributed by atoms with Crippen molar-refractivity contribution in [2.75, 3.05) is 6.61 Å². The smallest absolute Gasteiger partial charge is 0.308 e. The fourth-order valence-electron chi connectivity index (χ4n) is 1.74. The van der Waals surface area contributed by atoms with E-state index in [9.17, 15) is 9.90 Å². The number of aliphatic hydroxyl groups excluding tert-OH is 1. The summed E-state index contributed by atoms with van der Waals surface area (Å²) in [6.45, 7) is 2.05. The number of fused-ring (bicyclic) bond motifs is 1. The first-order valence-electron chi connectivity index (χ1n) is 5.52. The molecule has 1 heterocycles. The van der Waals surface area contributed by atoms with Crippen molar-refractivity contribution in [3.8, 4) is 0 Å². The molecule has 1 N–H and O–H groups in total. The van der Waals surface area contributed by atoms with Crippen LogP contribution in [0.5, 0.6) is 0 Å². The van der Waals surface area contributed by atoms with E-state index >= 15 is 0 Å². The Bertz CT molecular complexity index is 515. The van der Waals surface area contributed by atoms with Crippen molar-refractivity contribution in [2.24, 2.45) is 0 Å². The summed E-state index contributed by atoms with van der Waals surface area (Å²) in [5.41, 5.74) is 1.32. The summed E-state index contributed by atoms with van der Waals surface area (Å²) in [4.78, 5) is 11.3. The van der Waals surface area contributed by atoms with Gasteiger partial charge in [-0.2, -0.15) is 0 Å². The highest BCUT2D eigenvalue weighted by molar-refractivity contribution is 5.82. The fourth-order valence-corrected chi connectivity index (χ4v) is 1.74. The van der Waals surface area contributed by atoms with Crippen molar-refractivity contribution < 1.29 is 19.1 Å². The van der Waals surface area contributed by atoms with E-state index in [2.05, 4.69) is 0 Å². The van der Waals surface area contributed by atoms with Crippen LogP contribution in [0.15, 0.2) is 34.9 Å². The van der Waals surface area contributed by atoms with Crippen LogP contribution < -0.4 is 0 Å². The number of ether oxygens (including phenoxy) is 1. The Kier molecular flexibility index (Phi) is 3.44. The van der Waals surface area contributed by atoms with Crippen LogP contribution in [-0.4, -0.2) is 17.7 Å². The van der Waals surface area contributed by atoms with Crippen LogP contribution in [0.25, 0.3) is 11.0 Å². The summed E-state index contributed by atoms with van der Waals surface area (Å²) < 4.78 is 10.1. The summed E-state index contributed by atoms with van der Waals surface area (Å²) in [7, 11) is 0. The molecule has 0 amide bonds. The van der Waals surface area contributed by atoms with Crippen molar-refractivity contribution in [1.29, 1.82) is 0 Å². The van der Waals surface area contributed by atoms with Crippen molar-refractivity contribution in [1.82, 2.24) is 0 Å². The molecule has 0 spiro atoms. The van der Waals surface area contributed by atoms with E-state index in [1.807, 2.05) is 24.3 Å². The number of furan rings is 1. The number of aliphatic hydroxyl groups is 1. The molecule has 4 nitrogen and oxygen atoms in total. The van der Waals surface area contributed by atoms with Crippen molar-refractivity contribution in [2.45, 2.75) is 19.4 Å². The molecule has 0 aliphatic heterocycles. The molecule has 0 saturated carbocycles. The van der Waals surface area contributed by atoms with Crippen LogP contribution in [0.1, 0.15) is 25.0 Å². The van der Waals surface area contributed by atoms with Crippen LogP contribution in [-0.2, 0) is 9.53 Å². The van der Waals surface area contributed by atoms with Gasteiger partial charge >= 0.3 is 5.97 Å². The monoisotopic (exact) mass is 234 g/mol. The van der Waals surface area contributed by atoms with E-state index < -0.39 is 12.1 Å². The Hall–Kier alpha value is -1.81. The average molecular weight is 234 g/mol. The van der Waals surface area contributed by atoms with Gasteiger partial charge in [0.15, 0.2) is 0 Å². The summed E-state index contributed by atoms with van der Waals surface area (Å²) in [5.74, 6) is -0.412. The predicted molar refractivity (Wildman–Crippen MR) is 62.4 cm³/mol. The molecule has 1 atom stereocenters. The lowest BCUT2D eigenvalue weighted by molar-refractivity contribution is -0.145. The normalized spacial score (nSPS) is 12.6. The van der Waals surface area contributed by atoms with Crippen LogP contribution in [0.4, 0.5) is 0 Å². The van der Waals surface area contributed by atoms with E-state index in [0.717, 1.165) is 5.39 Å². The van der Waals surface area contributed by atoms with Gasteiger partial charge in [-0.3, -0.25) is 4.79 Å². The molecule has 90 valence electrons. The second kappa shape index (κ2) is 5.01. The number of para-hydroxylation sites is 1. The van der Waals surface area contributed by atoms with Gasteiger partial charge in [-0.15, -0.1) is 0 Å². The Morgan fingerprint density at radius 2 is 2.24 bits per heavy atom. The summed E-state index contributed by atoms with van der Waals surface area (Å²) in [6.07, 6.45) is 0.532. The maximum atomic E-state index is 11.3. The summed E-state index contributed by atoms with van der Waals surface area (Å²) >= 11 is 0. The SMILES string of the molecule is CCOC(=O)C[C@H](O)c1coc2ccccc12. The third-order valence-corrected chi connectivity index (χ3v) is 2.54. The highest BCUT2D eigenvalue weighted by atomic mass is 16.5. The summed E-state index contributed by atoms with van der Waals surface area (Å²) in [5, 5.41) is 10.8. The lowest BCUT2D eigenvalue weighted by Crippen LogP contribution is -2.09. The Balaban J connectivity index is 2.19. The van der Waals surface area contributed by atoms with Gasteiger partial charge in [-0.1, -0.05) is 18.2 Å². The lowest BCUT2D eigenvalue weighted by atomic mass is 10.1. The molecule has 0 saturated heterocycles. The zero-order chi connectivity index (χ0) is 12.3. The van der Waals surface area contributed by atoms with E-state index in [1.165, 1.54) is 6.26 Å². The third-order valence-electron chi connectivity index (χ3n) is 2.54. The Morgan fingerprint density at radius 1 is 1.47 bits per heavy atom. The van der Waals surface area contributed by atoms with Crippen molar-refractivity contribution in [3.05, 3.63) is 36.1 Å². The minimum Gasteiger partial charge on any atom is -0.466 e. The number of rotatable bonds is 4. The van der Waals surface area contributed by atoms with Crippen LogP contribution in [0.2, 0.25) is 0 Å². The minimum atomic E-state index is -0.891. The van der Waals surface area contributed by atoms with Gasteiger partial charge in [0.2, 0.25) is 0 Å². The van der Waals surface area contributed by atoms with Gasteiger partial charge in [0.25, 0.3) is 0 Å². The molecule has 0 aliphatic carbocycles. The zero-order valence-electron chi connectivity index (χ0n) is 9.55. The topological polar surface area (TPSA) is 59.7 Å². The first-order valence-corrected chi connectivity index (χ1v) is 5.52. The van der Waals surface area contributed by atoms with E-state index in [1.54, 1.807) is 6.92 Å². The number of benzene rings is 1. The molecule has 0 unspecified atom stereocenters. The van der Waals surface area contributed by atoms with Crippen LogP contribution in [0.3, 0.4) is 0 Å². The fraction of sp³-hybridized carbons (Fsp3) is 0.308. The molecular formula is C13H14O4. The number of hydrogen-bond acceptors (Lipinski definition) is 4. The molecule has 0 radical (unpaired) electrons. The van der Waals surface area contributed by atoms with Gasteiger partial charge in [-0.25, -0.2) is 0 Å². The van der Waals surface area contributed by atoms with Crippen molar-refractivity contribution in [3.63, 3.8) is 0 Å². The standard InChI is InChI=1S/C13H14O4/c1-2-16-13(15)7-11(14)10-8-17-12-6-4-3-5-9(10)12/h3-6,8,11,14H,2,7H2,1H3/t11-/m0/s1. The summed E-state index contributed by atoms with van der Waals surface area (Å²) in [6, 6.07) is 7.38. The first-order chi connectivity index (χ1) is 8.22. The predicted octanol–water partition coefficient (Wildman–Crippen LogP) is 2.42. The molecule has 17 heavy (non-hydrogen) atoms. The molecule has 0 aliphatic rings. The van der Waals surface area contributed by atoms with Crippen molar-refractivity contribution >= 4 is 16.9 Å². The third kappa shape index (κ3) is 2.47. The molecule has 2 aromatic rings. The maximum Gasteiger partial charge on any atom is 0.308 e. The maximum absolute atomic E-state index is 11.3. The van der Waals surface area contributed by atoms with Gasteiger partial charge < -0.3 is 14.3 Å². The number of esters is 1. The second-order valence-electron chi connectivity index (χ2n) is 3.71. The number of carbonyl (C=O) groups is 1. The highest BCUT2D eigenvalue weighted by Crippen LogP contribution is 2.28. The molecule has 0 bridgehead atoms. The van der Waals surface area contributed by atoms with Gasteiger partial charge in [0.1, 0.15) is 5.58 Å². The lowest BCUT2D eigenvalue weighted by Gasteiger charge is -2.08. The van der Waals surface area contributed by atoms with E-state index in [0.29, 0.717) is 17.8 Å². The minimum absolute atomic E-state index is 0.0582. The number of hydrogen-bond donors (Lipinski definition) is 1. The molecule has 2 rings (SSSR count). The first kappa shape index (κ1) is 11.7. The molecule has 0 fully saturated rings.